The van der Waals surface area contributed by atoms with Crippen molar-refractivity contribution < 1.29 is 4.79 Å². The molecule has 1 aliphatic heterocycles. The molecule has 0 saturated carbocycles. The van der Waals surface area contributed by atoms with Gasteiger partial charge in [-0.15, -0.1) is 22.7 Å². The topological polar surface area (TPSA) is 54.0 Å². The largest absolute Gasteiger partial charge is 0.317 e. The van der Waals surface area contributed by atoms with Gasteiger partial charge in [0.05, 0.1) is 4.88 Å². The Balaban J connectivity index is 1.67. The summed E-state index contributed by atoms with van der Waals surface area (Å²) in [5.41, 5.74) is 1.25. The Bertz CT molecular complexity index is 656. The second-order valence-electron chi connectivity index (χ2n) is 5.59. The Hall–Kier alpha value is -1.24. The van der Waals surface area contributed by atoms with Crippen molar-refractivity contribution in [1.29, 1.82) is 0 Å². The SMILES string of the molecule is CCc1cc(C(=O)Nc2ncc(C3CCNCC3)s2)sc1C. The molecule has 118 valence electrons. The molecular formula is C16H21N3OS2. The lowest BCUT2D eigenvalue weighted by molar-refractivity contribution is 0.103. The second-order valence-corrected chi connectivity index (χ2v) is 7.91. The lowest BCUT2D eigenvalue weighted by Gasteiger charge is -2.20. The van der Waals surface area contributed by atoms with E-state index >= 15 is 0 Å². The molecule has 0 spiro atoms. The smallest absolute Gasteiger partial charge is 0.267 e. The van der Waals surface area contributed by atoms with Crippen LogP contribution in [0.4, 0.5) is 5.13 Å². The maximum Gasteiger partial charge on any atom is 0.267 e. The number of anilines is 1. The minimum absolute atomic E-state index is 0.0426. The number of thiophene rings is 1. The first-order valence-electron chi connectivity index (χ1n) is 7.74. The van der Waals surface area contributed by atoms with E-state index in [0.717, 1.165) is 37.2 Å². The van der Waals surface area contributed by atoms with Gasteiger partial charge in [-0.05, 0) is 56.8 Å². The fourth-order valence-corrected chi connectivity index (χ4v) is 4.77. The predicted octanol–water partition coefficient (Wildman–Crippen LogP) is 3.79. The van der Waals surface area contributed by atoms with Gasteiger partial charge in [-0.2, -0.15) is 0 Å². The number of carbonyl (C=O) groups excluding carboxylic acids is 1. The van der Waals surface area contributed by atoms with Crippen LogP contribution in [-0.2, 0) is 6.42 Å². The predicted molar refractivity (Wildman–Crippen MR) is 93.3 cm³/mol. The first-order valence-corrected chi connectivity index (χ1v) is 9.37. The number of nitrogens with one attached hydrogen (secondary N) is 2. The Morgan fingerprint density at radius 2 is 2.18 bits per heavy atom. The van der Waals surface area contributed by atoms with Gasteiger partial charge in [0, 0.05) is 16.0 Å². The molecule has 3 heterocycles. The zero-order chi connectivity index (χ0) is 15.5. The highest BCUT2D eigenvalue weighted by molar-refractivity contribution is 7.16. The normalized spacial score (nSPS) is 15.9. The van der Waals surface area contributed by atoms with E-state index in [-0.39, 0.29) is 5.91 Å². The quantitative estimate of drug-likeness (QED) is 0.894. The average molecular weight is 335 g/mol. The van der Waals surface area contributed by atoms with E-state index in [1.54, 1.807) is 22.7 Å². The summed E-state index contributed by atoms with van der Waals surface area (Å²) in [4.78, 5) is 20.0. The third-order valence-corrected chi connectivity index (χ3v) is 6.28. The molecule has 0 unspecified atom stereocenters. The first-order chi connectivity index (χ1) is 10.7. The maximum atomic E-state index is 12.3. The molecule has 0 aliphatic carbocycles. The summed E-state index contributed by atoms with van der Waals surface area (Å²) in [5, 5.41) is 7.03. The van der Waals surface area contributed by atoms with Gasteiger partial charge in [0.2, 0.25) is 0 Å². The van der Waals surface area contributed by atoms with E-state index in [4.69, 9.17) is 0 Å². The van der Waals surface area contributed by atoms with Crippen LogP contribution in [-0.4, -0.2) is 24.0 Å². The molecule has 1 amide bonds. The summed E-state index contributed by atoms with van der Waals surface area (Å²) in [7, 11) is 0. The molecule has 1 saturated heterocycles. The third kappa shape index (κ3) is 3.39. The number of hydrogen-bond donors (Lipinski definition) is 2. The Morgan fingerprint density at radius 3 is 2.86 bits per heavy atom. The Morgan fingerprint density at radius 1 is 1.41 bits per heavy atom. The number of aryl methyl sites for hydroxylation is 2. The number of thiazole rings is 1. The number of piperidine rings is 1. The molecule has 6 heteroatoms. The van der Waals surface area contributed by atoms with Crippen molar-refractivity contribution in [3.8, 4) is 0 Å². The lowest BCUT2D eigenvalue weighted by Crippen LogP contribution is -2.26. The van der Waals surface area contributed by atoms with E-state index in [0.29, 0.717) is 11.0 Å². The maximum absolute atomic E-state index is 12.3. The van der Waals surface area contributed by atoms with Gasteiger partial charge < -0.3 is 5.32 Å². The van der Waals surface area contributed by atoms with Crippen molar-refractivity contribution in [2.24, 2.45) is 0 Å². The molecule has 2 aromatic rings. The second kappa shape index (κ2) is 6.89. The van der Waals surface area contributed by atoms with Gasteiger partial charge in [0.15, 0.2) is 5.13 Å². The molecule has 0 atom stereocenters. The van der Waals surface area contributed by atoms with E-state index in [2.05, 4.69) is 29.5 Å². The van der Waals surface area contributed by atoms with Crippen LogP contribution < -0.4 is 10.6 Å². The zero-order valence-electron chi connectivity index (χ0n) is 12.9. The highest BCUT2D eigenvalue weighted by atomic mass is 32.1. The third-order valence-electron chi connectivity index (χ3n) is 4.11. The highest BCUT2D eigenvalue weighted by Gasteiger charge is 2.19. The molecular weight excluding hydrogens is 314 g/mol. The van der Waals surface area contributed by atoms with Gasteiger partial charge in [0.1, 0.15) is 0 Å². The van der Waals surface area contributed by atoms with Crippen molar-refractivity contribution in [3.05, 3.63) is 32.5 Å². The average Bonchev–Trinajstić information content (AvgIpc) is 3.14. The van der Waals surface area contributed by atoms with Gasteiger partial charge in [-0.3, -0.25) is 10.1 Å². The van der Waals surface area contributed by atoms with Crippen LogP contribution in [0.25, 0.3) is 0 Å². The minimum Gasteiger partial charge on any atom is -0.317 e. The van der Waals surface area contributed by atoms with Crippen molar-refractivity contribution >= 4 is 33.7 Å². The zero-order valence-corrected chi connectivity index (χ0v) is 14.6. The van der Waals surface area contributed by atoms with Crippen LogP contribution >= 0.6 is 22.7 Å². The van der Waals surface area contributed by atoms with Gasteiger partial charge in [-0.25, -0.2) is 4.98 Å². The van der Waals surface area contributed by atoms with Crippen LogP contribution in [0, 0.1) is 6.92 Å². The Kier molecular flexibility index (Phi) is 4.90. The molecule has 2 aromatic heterocycles. The van der Waals surface area contributed by atoms with Crippen molar-refractivity contribution in [1.82, 2.24) is 10.3 Å². The van der Waals surface area contributed by atoms with Crippen LogP contribution in [0.15, 0.2) is 12.3 Å². The van der Waals surface area contributed by atoms with Crippen molar-refractivity contribution in [2.45, 2.75) is 39.0 Å². The van der Waals surface area contributed by atoms with E-state index in [1.165, 1.54) is 15.3 Å². The summed E-state index contributed by atoms with van der Waals surface area (Å²) in [6.45, 7) is 6.32. The molecule has 3 rings (SSSR count). The van der Waals surface area contributed by atoms with Crippen molar-refractivity contribution in [2.75, 3.05) is 18.4 Å². The van der Waals surface area contributed by atoms with E-state index in [1.807, 2.05) is 12.3 Å². The van der Waals surface area contributed by atoms with Crippen LogP contribution in [0.2, 0.25) is 0 Å². The molecule has 22 heavy (non-hydrogen) atoms. The molecule has 1 aliphatic rings. The monoisotopic (exact) mass is 335 g/mol. The van der Waals surface area contributed by atoms with E-state index < -0.39 is 0 Å². The van der Waals surface area contributed by atoms with Crippen molar-refractivity contribution in [3.63, 3.8) is 0 Å². The van der Waals surface area contributed by atoms with Crippen LogP contribution in [0.3, 0.4) is 0 Å². The molecule has 0 radical (unpaired) electrons. The number of carbonyl (C=O) groups is 1. The van der Waals surface area contributed by atoms with Gasteiger partial charge in [0.25, 0.3) is 5.91 Å². The van der Waals surface area contributed by atoms with Gasteiger partial charge >= 0.3 is 0 Å². The molecule has 4 nitrogen and oxygen atoms in total. The number of aromatic nitrogens is 1. The highest BCUT2D eigenvalue weighted by Crippen LogP contribution is 2.32. The summed E-state index contributed by atoms with van der Waals surface area (Å²) < 4.78 is 0. The summed E-state index contributed by atoms with van der Waals surface area (Å²) in [5.74, 6) is 0.541. The Labute approximate surface area is 139 Å². The van der Waals surface area contributed by atoms with Crippen LogP contribution in [0.1, 0.15) is 50.7 Å². The number of hydrogen-bond acceptors (Lipinski definition) is 5. The van der Waals surface area contributed by atoms with Crippen LogP contribution in [0.5, 0.6) is 0 Å². The number of amides is 1. The lowest BCUT2D eigenvalue weighted by atomic mass is 9.97. The van der Waals surface area contributed by atoms with E-state index in [9.17, 15) is 4.79 Å². The summed E-state index contributed by atoms with van der Waals surface area (Å²) in [6, 6.07) is 2.00. The number of nitrogens with zero attached hydrogens (tertiary/aromatic N) is 1. The first kappa shape index (κ1) is 15.6. The van der Waals surface area contributed by atoms with Gasteiger partial charge in [-0.1, -0.05) is 6.92 Å². The molecule has 0 bridgehead atoms. The number of rotatable bonds is 4. The summed E-state index contributed by atoms with van der Waals surface area (Å²) >= 11 is 3.17. The standard InChI is InChI=1S/C16H21N3OS2/c1-3-11-8-13(21-10(11)2)15(20)19-16-18-9-14(22-16)12-4-6-17-7-5-12/h8-9,12,17H,3-7H2,1-2H3,(H,18,19,20). The summed E-state index contributed by atoms with van der Waals surface area (Å²) in [6.07, 6.45) is 5.19. The molecule has 1 fully saturated rings. The molecule has 0 aromatic carbocycles. The fraction of sp³-hybridized carbons (Fsp3) is 0.500. The fourth-order valence-electron chi connectivity index (χ4n) is 2.78. The minimum atomic E-state index is -0.0426. The molecule has 2 N–H and O–H groups in total.